The number of nitrogens with zero attached hydrogens (tertiary/aromatic N) is 1. The third-order valence-corrected chi connectivity index (χ3v) is 10.0. The SMILES string of the molecule is CC1C[C@@H]2SC13C(C(=O)NCc1ccccc1)N(CCCCO)C(=O)[C@@H]3[C@@H]2C(=O)Nc1ccccc1. The fourth-order valence-corrected chi connectivity index (χ4v) is 8.81. The smallest absolute Gasteiger partial charge is 0.244 e. The first-order valence-corrected chi connectivity index (χ1v) is 13.6. The number of carbonyl (C=O) groups is 3. The lowest BCUT2D eigenvalue weighted by atomic mass is 9.66. The van der Waals surface area contributed by atoms with Gasteiger partial charge in [-0.05, 0) is 42.9 Å². The average Bonchev–Trinajstić information content (AvgIpc) is 3.48. The van der Waals surface area contributed by atoms with Crippen LogP contribution >= 0.6 is 11.8 Å². The topological polar surface area (TPSA) is 98.7 Å². The Balaban J connectivity index is 1.44. The maximum Gasteiger partial charge on any atom is 0.244 e. The molecule has 36 heavy (non-hydrogen) atoms. The Hall–Kier alpha value is -2.84. The molecule has 3 heterocycles. The molecule has 0 radical (unpaired) electrons. The van der Waals surface area contributed by atoms with Crippen LogP contribution in [-0.2, 0) is 20.9 Å². The van der Waals surface area contributed by atoms with Gasteiger partial charge in [-0.1, -0.05) is 55.5 Å². The number of fused-ring (bicyclic) bond motifs is 1. The summed E-state index contributed by atoms with van der Waals surface area (Å²) in [5, 5.41) is 15.4. The largest absolute Gasteiger partial charge is 0.396 e. The molecule has 1 spiro atoms. The van der Waals surface area contributed by atoms with Crippen LogP contribution in [0.15, 0.2) is 60.7 Å². The highest BCUT2D eigenvalue weighted by atomic mass is 32.2. The Morgan fingerprint density at radius 1 is 1.06 bits per heavy atom. The predicted octanol–water partition coefficient (Wildman–Crippen LogP) is 3.05. The summed E-state index contributed by atoms with van der Waals surface area (Å²) in [7, 11) is 0. The molecule has 3 amide bonds. The number of carbonyl (C=O) groups excluding carboxylic acids is 3. The summed E-state index contributed by atoms with van der Waals surface area (Å²) in [5.74, 6) is -1.32. The van der Waals surface area contributed by atoms with Crippen LogP contribution in [0.3, 0.4) is 0 Å². The lowest BCUT2D eigenvalue weighted by Crippen LogP contribution is -2.56. The van der Waals surface area contributed by atoms with E-state index in [1.165, 1.54) is 0 Å². The zero-order valence-corrected chi connectivity index (χ0v) is 21.2. The van der Waals surface area contributed by atoms with E-state index in [-0.39, 0.29) is 35.5 Å². The number of hydrogen-bond acceptors (Lipinski definition) is 5. The molecular formula is C28H33N3O4S. The summed E-state index contributed by atoms with van der Waals surface area (Å²) in [6.45, 7) is 2.94. The number of rotatable bonds is 9. The first-order valence-electron chi connectivity index (χ1n) is 12.7. The molecule has 0 aromatic heterocycles. The van der Waals surface area contributed by atoms with Crippen molar-refractivity contribution in [1.29, 1.82) is 0 Å². The van der Waals surface area contributed by atoms with Crippen LogP contribution in [0, 0.1) is 17.8 Å². The van der Waals surface area contributed by atoms with Gasteiger partial charge in [0.2, 0.25) is 17.7 Å². The fourth-order valence-electron chi connectivity index (χ4n) is 6.38. The molecule has 6 atom stereocenters. The minimum absolute atomic E-state index is 0.00155. The highest BCUT2D eigenvalue weighted by Crippen LogP contribution is 2.68. The Morgan fingerprint density at radius 3 is 2.44 bits per heavy atom. The van der Waals surface area contributed by atoms with Crippen molar-refractivity contribution in [1.82, 2.24) is 10.2 Å². The van der Waals surface area contributed by atoms with Gasteiger partial charge in [0.05, 0.1) is 16.6 Å². The summed E-state index contributed by atoms with van der Waals surface area (Å²) in [4.78, 5) is 43.0. The summed E-state index contributed by atoms with van der Waals surface area (Å²) >= 11 is 1.68. The summed E-state index contributed by atoms with van der Waals surface area (Å²) in [6, 6.07) is 18.4. The number of amides is 3. The molecule has 3 aliphatic rings. The van der Waals surface area contributed by atoms with Crippen LogP contribution in [-0.4, -0.2) is 56.9 Å². The second-order valence-corrected chi connectivity index (χ2v) is 11.6. The molecule has 3 unspecified atom stereocenters. The molecule has 0 saturated carbocycles. The van der Waals surface area contributed by atoms with Gasteiger partial charge in [-0.2, -0.15) is 0 Å². The van der Waals surface area contributed by atoms with Crippen molar-refractivity contribution >= 4 is 35.2 Å². The lowest BCUT2D eigenvalue weighted by Gasteiger charge is -2.38. The number of aliphatic hydroxyl groups excluding tert-OH is 1. The Labute approximate surface area is 216 Å². The second-order valence-electron chi connectivity index (χ2n) is 10.1. The van der Waals surface area contributed by atoms with E-state index in [9.17, 15) is 19.5 Å². The number of hydrogen-bond donors (Lipinski definition) is 3. The quantitative estimate of drug-likeness (QED) is 0.453. The van der Waals surface area contributed by atoms with Crippen molar-refractivity contribution in [2.45, 2.75) is 48.8 Å². The minimum atomic E-state index is -0.642. The lowest BCUT2D eigenvalue weighted by molar-refractivity contribution is -0.139. The van der Waals surface area contributed by atoms with Crippen LogP contribution in [0.25, 0.3) is 0 Å². The van der Waals surface area contributed by atoms with Gasteiger partial charge in [0.1, 0.15) is 6.04 Å². The normalized spacial score (nSPS) is 30.3. The molecule has 7 nitrogen and oxygen atoms in total. The van der Waals surface area contributed by atoms with Crippen LogP contribution in [0.2, 0.25) is 0 Å². The van der Waals surface area contributed by atoms with Crippen LogP contribution in [0.1, 0.15) is 31.7 Å². The number of thioether (sulfide) groups is 1. The van der Waals surface area contributed by atoms with Crippen molar-refractivity contribution in [2.24, 2.45) is 17.8 Å². The van der Waals surface area contributed by atoms with E-state index in [4.69, 9.17) is 0 Å². The number of anilines is 1. The first kappa shape index (κ1) is 24.8. The van der Waals surface area contributed by atoms with E-state index >= 15 is 0 Å². The maximum atomic E-state index is 14.0. The number of para-hydroxylation sites is 1. The predicted molar refractivity (Wildman–Crippen MR) is 140 cm³/mol. The molecule has 0 aliphatic carbocycles. The monoisotopic (exact) mass is 507 g/mol. The van der Waals surface area contributed by atoms with E-state index in [1.54, 1.807) is 16.7 Å². The van der Waals surface area contributed by atoms with Gasteiger partial charge >= 0.3 is 0 Å². The van der Waals surface area contributed by atoms with Gasteiger partial charge in [0.25, 0.3) is 0 Å². The zero-order valence-electron chi connectivity index (χ0n) is 20.4. The molecule has 5 rings (SSSR count). The maximum absolute atomic E-state index is 14.0. The van der Waals surface area contributed by atoms with Gasteiger partial charge in [-0.25, -0.2) is 0 Å². The molecule has 2 aromatic rings. The molecule has 3 aliphatic heterocycles. The minimum Gasteiger partial charge on any atom is -0.396 e. The highest BCUT2D eigenvalue weighted by Gasteiger charge is 2.75. The van der Waals surface area contributed by atoms with Crippen molar-refractivity contribution in [2.75, 3.05) is 18.5 Å². The fraction of sp³-hybridized carbons (Fsp3) is 0.464. The van der Waals surface area contributed by atoms with Gasteiger partial charge < -0.3 is 20.6 Å². The van der Waals surface area contributed by atoms with E-state index < -0.39 is 22.6 Å². The third kappa shape index (κ3) is 4.20. The summed E-state index contributed by atoms with van der Waals surface area (Å²) in [6.07, 6.45) is 1.97. The first-order chi connectivity index (χ1) is 17.5. The number of aliphatic hydroxyl groups is 1. The van der Waals surface area contributed by atoms with Crippen molar-refractivity contribution in [3.05, 3.63) is 66.2 Å². The highest BCUT2D eigenvalue weighted by molar-refractivity contribution is 8.02. The standard InChI is InChI=1S/C28H33N3O4S/c1-18-16-21-22(25(33)30-20-12-6-3-7-13-20)23-27(35)31(14-8-9-15-32)24(28(18,23)36-21)26(34)29-17-19-10-4-2-5-11-19/h2-7,10-13,18,21-24,32H,8-9,14-17H2,1H3,(H,29,34)(H,30,33)/t18?,21-,22+,23-,24?,28?/m0/s1. The molecule has 3 N–H and O–H groups in total. The van der Waals surface area contributed by atoms with Crippen molar-refractivity contribution in [3.8, 4) is 0 Å². The van der Waals surface area contributed by atoms with Crippen molar-refractivity contribution < 1.29 is 19.5 Å². The summed E-state index contributed by atoms with van der Waals surface area (Å²) < 4.78 is -0.638. The Bertz CT molecular complexity index is 1110. The van der Waals surface area contributed by atoms with E-state index in [1.807, 2.05) is 60.7 Å². The van der Waals surface area contributed by atoms with E-state index in [2.05, 4.69) is 17.6 Å². The molecular weight excluding hydrogens is 474 g/mol. The average molecular weight is 508 g/mol. The van der Waals surface area contributed by atoms with Crippen LogP contribution in [0.5, 0.6) is 0 Å². The molecule has 2 bridgehead atoms. The van der Waals surface area contributed by atoms with Crippen LogP contribution < -0.4 is 10.6 Å². The summed E-state index contributed by atoms with van der Waals surface area (Å²) in [5.41, 5.74) is 1.70. The molecule has 190 valence electrons. The Kier molecular flexibility index (Phi) is 7.08. The van der Waals surface area contributed by atoms with Gasteiger partial charge in [0.15, 0.2) is 0 Å². The zero-order chi connectivity index (χ0) is 25.3. The number of likely N-dealkylation sites (tertiary alicyclic amines) is 1. The Morgan fingerprint density at radius 2 is 1.75 bits per heavy atom. The molecule has 3 saturated heterocycles. The van der Waals surface area contributed by atoms with Crippen LogP contribution in [0.4, 0.5) is 5.69 Å². The molecule has 3 fully saturated rings. The van der Waals surface area contributed by atoms with Gasteiger partial charge in [-0.3, -0.25) is 14.4 Å². The number of benzene rings is 2. The number of unbranched alkanes of at least 4 members (excludes halogenated alkanes) is 1. The van der Waals surface area contributed by atoms with Gasteiger partial charge in [0, 0.05) is 30.6 Å². The number of nitrogens with one attached hydrogen (secondary N) is 2. The van der Waals surface area contributed by atoms with E-state index in [0.29, 0.717) is 31.6 Å². The van der Waals surface area contributed by atoms with Crippen molar-refractivity contribution in [3.63, 3.8) is 0 Å². The third-order valence-electron chi connectivity index (χ3n) is 7.95. The molecule has 8 heteroatoms. The van der Waals surface area contributed by atoms with E-state index in [0.717, 1.165) is 12.0 Å². The molecule has 2 aromatic carbocycles. The van der Waals surface area contributed by atoms with Gasteiger partial charge in [-0.15, -0.1) is 11.8 Å². The second kappa shape index (κ2) is 10.3.